The van der Waals surface area contributed by atoms with Crippen molar-refractivity contribution >= 4 is 28.2 Å². The predicted octanol–water partition coefficient (Wildman–Crippen LogP) is 3.12. The first kappa shape index (κ1) is 24.0. The summed E-state index contributed by atoms with van der Waals surface area (Å²) in [5.74, 6) is 1.94. The molecule has 2 N–H and O–H groups in total. The van der Waals surface area contributed by atoms with Gasteiger partial charge in [-0.2, -0.15) is 5.10 Å². The maximum atomic E-state index is 10.9. The largest absolute Gasteiger partial charge is 0.772 e. The van der Waals surface area contributed by atoms with Crippen LogP contribution in [0.1, 0.15) is 24.1 Å². The van der Waals surface area contributed by atoms with Crippen LogP contribution in [-0.4, -0.2) is 59.7 Å². The van der Waals surface area contributed by atoms with Crippen molar-refractivity contribution < 1.29 is 18.2 Å². The molecule has 0 aliphatic carbocycles. The van der Waals surface area contributed by atoms with Gasteiger partial charge in [-0.05, 0) is 42.3 Å². The first-order valence-electron chi connectivity index (χ1n) is 12.2. The van der Waals surface area contributed by atoms with Gasteiger partial charge < -0.3 is 24.7 Å². The van der Waals surface area contributed by atoms with Gasteiger partial charge in [0.1, 0.15) is 17.7 Å². The molecule has 2 aliphatic heterocycles. The van der Waals surface area contributed by atoms with E-state index in [9.17, 15) is 8.76 Å². The molecule has 192 valence electrons. The number of hydrogen-bond acceptors (Lipinski definition) is 9. The summed E-state index contributed by atoms with van der Waals surface area (Å²) in [6.45, 7) is 3.43. The Hall–Kier alpha value is -3.38. The second-order valence-corrected chi connectivity index (χ2v) is 10.5. The van der Waals surface area contributed by atoms with Crippen LogP contribution in [0.5, 0.6) is 5.75 Å². The number of aromatic nitrogens is 4. The van der Waals surface area contributed by atoms with E-state index in [2.05, 4.69) is 37.8 Å². The Morgan fingerprint density at radius 3 is 2.73 bits per heavy atom. The Morgan fingerprint density at radius 2 is 1.97 bits per heavy atom. The summed E-state index contributed by atoms with van der Waals surface area (Å²) in [7, 11) is 0. The van der Waals surface area contributed by atoms with Crippen LogP contribution in [0.3, 0.4) is 0 Å². The number of morpholine rings is 1. The lowest BCUT2D eigenvalue weighted by Crippen LogP contribution is -2.56. The van der Waals surface area contributed by atoms with E-state index in [1.54, 1.807) is 22.8 Å². The van der Waals surface area contributed by atoms with Crippen LogP contribution in [0.2, 0.25) is 0 Å². The number of pyridine rings is 3. The fourth-order valence-corrected chi connectivity index (χ4v) is 5.44. The van der Waals surface area contributed by atoms with E-state index >= 15 is 0 Å². The molecule has 2 bridgehead atoms. The van der Waals surface area contributed by atoms with Crippen LogP contribution in [0.4, 0.5) is 11.6 Å². The highest BCUT2D eigenvalue weighted by Crippen LogP contribution is 2.34. The summed E-state index contributed by atoms with van der Waals surface area (Å²) in [6.07, 6.45) is 7.22. The summed E-state index contributed by atoms with van der Waals surface area (Å²) < 4.78 is 35.7. The van der Waals surface area contributed by atoms with Gasteiger partial charge in [0.05, 0.1) is 24.9 Å². The molecule has 2 aliphatic rings. The third-order valence-electron chi connectivity index (χ3n) is 6.64. The van der Waals surface area contributed by atoms with E-state index in [0.717, 1.165) is 54.1 Å². The average molecular weight is 520 g/mol. The lowest BCUT2D eigenvalue weighted by molar-refractivity contribution is -0.0122. The molecule has 0 aromatic carbocycles. The standard InChI is InChI=1S/C26H28N6O4S/c1-16-6-23(24(12-27-16)36-22-8-19-13-35-14-20(9-22)29-19)18-4-5-32-21(7-18)10-26(31-32)30-25-3-2-17(11-28-25)15-37(33)34/h2-7,10-12,19-20,22,29H,8-9,13-15H2,1H3,(H,33,34)(H,28,30,31)/p-1/t19-,20+,22?. The summed E-state index contributed by atoms with van der Waals surface area (Å²) >= 11 is -2.14. The number of piperidine rings is 1. The van der Waals surface area contributed by atoms with Gasteiger partial charge in [-0.1, -0.05) is 17.1 Å². The summed E-state index contributed by atoms with van der Waals surface area (Å²) in [5.41, 5.74) is 4.48. The van der Waals surface area contributed by atoms with Gasteiger partial charge in [0.15, 0.2) is 5.82 Å². The van der Waals surface area contributed by atoms with Gasteiger partial charge in [-0.3, -0.25) is 9.19 Å². The van der Waals surface area contributed by atoms with Gasteiger partial charge in [-0.25, -0.2) is 9.50 Å². The lowest BCUT2D eigenvalue weighted by atomic mass is 9.94. The number of rotatable bonds is 7. The molecule has 10 nitrogen and oxygen atoms in total. The number of nitrogens with one attached hydrogen (secondary N) is 2. The van der Waals surface area contributed by atoms with E-state index in [-0.39, 0.29) is 11.9 Å². The van der Waals surface area contributed by atoms with Gasteiger partial charge in [0, 0.05) is 60.4 Å². The molecule has 6 heterocycles. The van der Waals surface area contributed by atoms with Gasteiger partial charge in [0.25, 0.3) is 0 Å². The molecule has 4 aromatic rings. The fourth-order valence-electron chi connectivity index (χ4n) is 5.00. The first-order chi connectivity index (χ1) is 18.0. The molecule has 4 aromatic heterocycles. The fraction of sp³-hybridized carbons (Fsp3) is 0.346. The maximum Gasteiger partial charge on any atom is 0.154 e. The van der Waals surface area contributed by atoms with E-state index in [0.29, 0.717) is 29.3 Å². The molecule has 37 heavy (non-hydrogen) atoms. The summed E-state index contributed by atoms with van der Waals surface area (Å²) in [6, 6.07) is 12.2. The van der Waals surface area contributed by atoms with Crippen LogP contribution in [-0.2, 0) is 21.6 Å². The van der Waals surface area contributed by atoms with Crippen LogP contribution in [0.15, 0.2) is 55.0 Å². The van der Waals surface area contributed by atoms with Crippen molar-refractivity contribution in [2.45, 2.75) is 43.7 Å². The van der Waals surface area contributed by atoms with E-state index < -0.39 is 11.1 Å². The van der Waals surface area contributed by atoms with Crippen molar-refractivity contribution in [3.63, 3.8) is 0 Å². The van der Waals surface area contributed by atoms with Crippen LogP contribution < -0.4 is 15.4 Å². The number of fused-ring (bicyclic) bond motifs is 3. The van der Waals surface area contributed by atoms with E-state index in [4.69, 9.17) is 9.47 Å². The number of anilines is 2. The number of hydrogen-bond donors (Lipinski definition) is 2. The second kappa shape index (κ2) is 10.2. The Balaban J connectivity index is 1.23. The Labute approximate surface area is 216 Å². The molecule has 2 saturated heterocycles. The van der Waals surface area contributed by atoms with Crippen molar-refractivity contribution in [2.24, 2.45) is 0 Å². The monoisotopic (exact) mass is 519 g/mol. The second-order valence-electron chi connectivity index (χ2n) is 9.57. The summed E-state index contributed by atoms with van der Waals surface area (Å²) in [5, 5.41) is 11.4. The quantitative estimate of drug-likeness (QED) is 0.354. The molecule has 0 saturated carbocycles. The van der Waals surface area contributed by atoms with Crippen molar-refractivity contribution in [3.8, 4) is 16.9 Å². The highest BCUT2D eigenvalue weighted by atomic mass is 32.2. The molecule has 6 rings (SSSR count). The average Bonchev–Trinajstić information content (AvgIpc) is 3.27. The zero-order chi connectivity index (χ0) is 25.4. The van der Waals surface area contributed by atoms with Gasteiger partial charge in [-0.15, -0.1) is 0 Å². The Morgan fingerprint density at radius 1 is 1.14 bits per heavy atom. The molecular weight excluding hydrogens is 492 g/mol. The van der Waals surface area contributed by atoms with Crippen LogP contribution in [0.25, 0.3) is 16.6 Å². The smallest absolute Gasteiger partial charge is 0.154 e. The van der Waals surface area contributed by atoms with E-state index in [1.165, 1.54) is 0 Å². The third kappa shape index (κ3) is 5.49. The molecule has 0 radical (unpaired) electrons. The topological polar surface area (TPSA) is 126 Å². The van der Waals surface area contributed by atoms with Gasteiger partial charge in [0.2, 0.25) is 0 Å². The van der Waals surface area contributed by atoms with Crippen LogP contribution in [0, 0.1) is 6.92 Å². The highest BCUT2D eigenvalue weighted by molar-refractivity contribution is 7.78. The lowest BCUT2D eigenvalue weighted by Gasteiger charge is -2.40. The molecule has 2 unspecified atom stereocenters. The normalized spacial score (nSPS) is 22.1. The number of nitrogens with zero attached hydrogens (tertiary/aromatic N) is 4. The molecule has 11 heteroatoms. The number of ether oxygens (including phenoxy) is 2. The molecule has 2 fully saturated rings. The molecule has 0 spiro atoms. The molecular formula is C26H27N6O4S-. The highest BCUT2D eigenvalue weighted by Gasteiger charge is 2.33. The van der Waals surface area contributed by atoms with Crippen molar-refractivity contribution in [2.75, 3.05) is 18.5 Å². The van der Waals surface area contributed by atoms with Gasteiger partial charge >= 0.3 is 0 Å². The Bertz CT molecular complexity index is 1430. The maximum absolute atomic E-state index is 10.9. The summed E-state index contributed by atoms with van der Waals surface area (Å²) in [4.78, 5) is 8.79. The minimum Gasteiger partial charge on any atom is -0.772 e. The molecule has 0 amide bonds. The Kier molecular flexibility index (Phi) is 6.59. The third-order valence-corrected chi connectivity index (χ3v) is 7.21. The van der Waals surface area contributed by atoms with Crippen LogP contribution >= 0.6 is 0 Å². The SMILES string of the molecule is Cc1cc(-c2ccn3nc(Nc4ccc(CS(=O)[O-])cn4)cc3c2)c(OC2C[C@H]3COC[C@@H](C2)N3)cn1. The zero-order valence-electron chi connectivity index (χ0n) is 20.3. The van der Waals surface area contributed by atoms with Crippen molar-refractivity contribution in [1.82, 2.24) is 24.9 Å². The van der Waals surface area contributed by atoms with Crippen molar-refractivity contribution in [1.29, 1.82) is 0 Å². The predicted molar refractivity (Wildman–Crippen MR) is 138 cm³/mol. The zero-order valence-corrected chi connectivity index (χ0v) is 21.1. The molecule has 4 atom stereocenters. The van der Waals surface area contributed by atoms with Crippen molar-refractivity contribution in [3.05, 3.63) is 66.2 Å². The minimum atomic E-state index is -2.14. The minimum absolute atomic E-state index is 0.0577. The first-order valence-corrected chi connectivity index (χ1v) is 13.5. The number of aryl methyl sites for hydroxylation is 1. The van der Waals surface area contributed by atoms with E-state index in [1.807, 2.05) is 31.5 Å².